The van der Waals surface area contributed by atoms with Gasteiger partial charge in [-0.05, 0) is 48.4 Å². The number of amides is 3. The molecule has 0 radical (unpaired) electrons. The average molecular weight is 598 g/mol. The second kappa shape index (κ2) is 17.3. The van der Waals surface area contributed by atoms with Gasteiger partial charge in [0.2, 0.25) is 17.7 Å². The molecule has 0 heterocycles. The molecule has 5 atom stereocenters. The number of hydrogen-bond donors (Lipinski definition) is 8. The van der Waals surface area contributed by atoms with E-state index in [1.807, 2.05) is 37.3 Å². The Hall–Kier alpha value is -4.65. The third kappa shape index (κ3) is 12.0. The Bertz CT molecular complexity index is 1240. The normalized spacial score (nSPS) is 14.3. The predicted molar refractivity (Wildman–Crippen MR) is 163 cm³/mol. The number of carboxylic acids is 1. The van der Waals surface area contributed by atoms with Gasteiger partial charge in [-0.1, -0.05) is 62.7 Å². The maximum atomic E-state index is 13.5. The summed E-state index contributed by atoms with van der Waals surface area (Å²) >= 11 is 0. The van der Waals surface area contributed by atoms with Crippen LogP contribution in [0.15, 0.2) is 59.6 Å². The third-order valence-corrected chi connectivity index (χ3v) is 7.00. The lowest BCUT2D eigenvalue weighted by Gasteiger charge is -2.28. The van der Waals surface area contributed by atoms with Crippen LogP contribution in [0.4, 0.5) is 0 Å². The van der Waals surface area contributed by atoms with E-state index in [1.165, 1.54) is 12.1 Å². The van der Waals surface area contributed by atoms with Gasteiger partial charge in [-0.2, -0.15) is 0 Å². The first kappa shape index (κ1) is 34.6. The van der Waals surface area contributed by atoms with Crippen LogP contribution < -0.4 is 33.2 Å². The van der Waals surface area contributed by atoms with Crippen LogP contribution >= 0.6 is 0 Å². The molecular formula is C30H43N7O6. The van der Waals surface area contributed by atoms with Crippen molar-refractivity contribution in [1.29, 1.82) is 0 Å². The Morgan fingerprint density at radius 3 is 2.02 bits per heavy atom. The van der Waals surface area contributed by atoms with Crippen LogP contribution in [0.3, 0.4) is 0 Å². The molecule has 0 spiro atoms. The van der Waals surface area contributed by atoms with Crippen molar-refractivity contribution in [3.63, 3.8) is 0 Å². The van der Waals surface area contributed by atoms with Crippen molar-refractivity contribution >= 4 is 29.7 Å². The van der Waals surface area contributed by atoms with E-state index in [-0.39, 0.29) is 43.4 Å². The summed E-state index contributed by atoms with van der Waals surface area (Å²) in [7, 11) is 0. The average Bonchev–Trinajstić information content (AvgIpc) is 2.97. The molecule has 0 aliphatic rings. The molecule has 13 heteroatoms. The molecule has 5 unspecified atom stereocenters. The zero-order valence-corrected chi connectivity index (χ0v) is 24.5. The standard InChI is InChI=1S/C30H43N7O6/c1-3-18(2)25(28(41)36-24(29(42)43)17-20-11-13-21(38)14-12-20)37-27(40)23(10-7-15-34-30(32)33)35-26(39)22(31)16-19-8-5-4-6-9-19/h4-6,8-9,11-14,18,22-25,38H,3,7,10,15-17,31H2,1-2H3,(H,35,39)(H,36,41)(H,37,40)(H,42,43)(H4,32,33,34). The van der Waals surface area contributed by atoms with Crippen molar-refractivity contribution in [2.75, 3.05) is 6.54 Å². The predicted octanol–water partition coefficient (Wildman–Crippen LogP) is 0.143. The highest BCUT2D eigenvalue weighted by molar-refractivity contribution is 5.94. The largest absolute Gasteiger partial charge is 0.508 e. The highest BCUT2D eigenvalue weighted by atomic mass is 16.4. The van der Waals surface area contributed by atoms with Gasteiger partial charge in [0.05, 0.1) is 6.04 Å². The number of phenols is 1. The van der Waals surface area contributed by atoms with E-state index in [1.54, 1.807) is 19.1 Å². The van der Waals surface area contributed by atoms with E-state index >= 15 is 0 Å². The first-order valence-electron chi connectivity index (χ1n) is 14.2. The molecule has 0 bridgehead atoms. The molecule has 43 heavy (non-hydrogen) atoms. The third-order valence-electron chi connectivity index (χ3n) is 7.00. The molecule has 0 aliphatic heterocycles. The molecule has 0 saturated heterocycles. The number of nitrogens with one attached hydrogen (secondary N) is 3. The Kier molecular flexibility index (Phi) is 13.9. The van der Waals surface area contributed by atoms with E-state index in [0.717, 1.165) is 5.56 Å². The van der Waals surface area contributed by atoms with Crippen molar-refractivity contribution in [2.45, 2.75) is 70.1 Å². The second-order valence-electron chi connectivity index (χ2n) is 10.4. The van der Waals surface area contributed by atoms with Crippen molar-refractivity contribution < 1.29 is 29.4 Å². The summed E-state index contributed by atoms with van der Waals surface area (Å²) in [6.07, 6.45) is 1.21. The zero-order valence-electron chi connectivity index (χ0n) is 24.5. The number of hydrogen-bond acceptors (Lipinski definition) is 7. The number of carboxylic acid groups (broad SMARTS) is 1. The molecule has 13 nitrogen and oxygen atoms in total. The Morgan fingerprint density at radius 2 is 1.44 bits per heavy atom. The Labute approximate surface area is 251 Å². The molecule has 2 rings (SSSR count). The van der Waals surface area contributed by atoms with Crippen molar-refractivity contribution in [1.82, 2.24) is 16.0 Å². The van der Waals surface area contributed by atoms with E-state index < -0.39 is 47.9 Å². The lowest BCUT2D eigenvalue weighted by Crippen LogP contribution is -2.59. The van der Waals surface area contributed by atoms with Crippen molar-refractivity contribution in [3.8, 4) is 5.75 Å². The molecule has 0 aromatic heterocycles. The second-order valence-corrected chi connectivity index (χ2v) is 10.4. The van der Waals surface area contributed by atoms with Crippen LogP contribution in [0.1, 0.15) is 44.2 Å². The molecule has 3 amide bonds. The summed E-state index contributed by atoms with van der Waals surface area (Å²) in [4.78, 5) is 55.7. The number of aliphatic imine (C=N–C) groups is 1. The molecule has 0 fully saturated rings. The first-order chi connectivity index (χ1) is 20.4. The van der Waals surface area contributed by atoms with Crippen molar-refractivity contribution in [3.05, 3.63) is 65.7 Å². The van der Waals surface area contributed by atoms with Gasteiger partial charge in [0.15, 0.2) is 5.96 Å². The SMILES string of the molecule is CCC(C)C(NC(=O)C(CCCN=C(N)N)NC(=O)C(N)Cc1ccccc1)C(=O)NC(Cc1ccc(O)cc1)C(=O)O. The van der Waals surface area contributed by atoms with Crippen LogP contribution in [-0.4, -0.2) is 70.6 Å². The monoisotopic (exact) mass is 597 g/mol. The molecule has 0 saturated carbocycles. The Morgan fingerprint density at radius 1 is 0.837 bits per heavy atom. The number of aromatic hydroxyl groups is 1. The molecule has 2 aromatic rings. The minimum absolute atomic E-state index is 0.0279. The van der Waals surface area contributed by atoms with Gasteiger partial charge in [-0.15, -0.1) is 0 Å². The van der Waals surface area contributed by atoms with E-state index in [9.17, 15) is 29.4 Å². The molecule has 11 N–H and O–H groups in total. The topological polar surface area (TPSA) is 235 Å². The lowest BCUT2D eigenvalue weighted by molar-refractivity contribution is -0.142. The summed E-state index contributed by atoms with van der Waals surface area (Å²) < 4.78 is 0. The minimum atomic E-state index is -1.29. The van der Waals surface area contributed by atoms with Gasteiger partial charge in [-0.25, -0.2) is 4.79 Å². The van der Waals surface area contributed by atoms with Gasteiger partial charge in [0.25, 0.3) is 0 Å². The maximum absolute atomic E-state index is 13.5. The van der Waals surface area contributed by atoms with Gasteiger partial charge < -0.3 is 43.4 Å². The number of phenolic OH excluding ortho intramolecular Hbond substituents is 1. The van der Waals surface area contributed by atoms with Crippen molar-refractivity contribution in [2.24, 2.45) is 28.1 Å². The summed E-state index contributed by atoms with van der Waals surface area (Å²) in [6, 6.07) is 10.8. The van der Waals surface area contributed by atoms with Crippen LogP contribution in [0.2, 0.25) is 0 Å². The van der Waals surface area contributed by atoms with E-state index in [2.05, 4.69) is 20.9 Å². The number of benzene rings is 2. The molecule has 234 valence electrons. The van der Waals surface area contributed by atoms with Crippen LogP contribution in [-0.2, 0) is 32.0 Å². The number of rotatable bonds is 17. The number of nitrogens with two attached hydrogens (primary N) is 3. The molecule has 0 aliphatic carbocycles. The highest BCUT2D eigenvalue weighted by Gasteiger charge is 2.32. The molecule has 2 aromatic carbocycles. The minimum Gasteiger partial charge on any atom is -0.508 e. The number of nitrogens with zero attached hydrogens (tertiary/aromatic N) is 1. The van der Waals surface area contributed by atoms with Crippen LogP contribution in [0.5, 0.6) is 5.75 Å². The fourth-order valence-electron chi connectivity index (χ4n) is 4.30. The number of carbonyl (C=O) groups excluding carboxylic acids is 3. The number of guanidine groups is 1. The fraction of sp³-hybridized carbons (Fsp3) is 0.433. The smallest absolute Gasteiger partial charge is 0.326 e. The number of aliphatic carboxylic acids is 1. The summed E-state index contributed by atoms with van der Waals surface area (Å²) in [5, 5.41) is 27.2. The highest BCUT2D eigenvalue weighted by Crippen LogP contribution is 2.14. The van der Waals surface area contributed by atoms with Crippen LogP contribution in [0, 0.1) is 5.92 Å². The number of carbonyl (C=O) groups is 4. The van der Waals surface area contributed by atoms with Gasteiger partial charge >= 0.3 is 5.97 Å². The van der Waals surface area contributed by atoms with Crippen LogP contribution in [0.25, 0.3) is 0 Å². The lowest BCUT2D eigenvalue weighted by atomic mass is 9.96. The fourth-order valence-corrected chi connectivity index (χ4v) is 4.30. The summed E-state index contributed by atoms with van der Waals surface area (Å²) in [5.41, 5.74) is 18.4. The van der Waals surface area contributed by atoms with E-state index in [0.29, 0.717) is 18.4 Å². The van der Waals surface area contributed by atoms with Gasteiger partial charge in [0.1, 0.15) is 23.9 Å². The summed E-state index contributed by atoms with van der Waals surface area (Å²) in [6.45, 7) is 3.80. The first-order valence-corrected chi connectivity index (χ1v) is 14.2. The quantitative estimate of drug-likeness (QED) is 0.0702. The Balaban J connectivity index is 2.18. The summed E-state index contributed by atoms with van der Waals surface area (Å²) in [5.74, 6) is -3.56. The molecular weight excluding hydrogens is 554 g/mol. The zero-order chi connectivity index (χ0) is 31.9. The van der Waals surface area contributed by atoms with Gasteiger partial charge in [-0.3, -0.25) is 19.4 Å². The maximum Gasteiger partial charge on any atom is 0.326 e. The van der Waals surface area contributed by atoms with Gasteiger partial charge in [0, 0.05) is 13.0 Å². The van der Waals surface area contributed by atoms with E-state index in [4.69, 9.17) is 17.2 Å².